The van der Waals surface area contributed by atoms with Crippen LogP contribution < -0.4 is 15.6 Å². The first-order valence-corrected chi connectivity index (χ1v) is 11.2. The van der Waals surface area contributed by atoms with E-state index in [4.69, 9.17) is 9.72 Å². The summed E-state index contributed by atoms with van der Waals surface area (Å²) in [5, 5.41) is 4.60. The van der Waals surface area contributed by atoms with Gasteiger partial charge in [0.2, 0.25) is 5.91 Å². The van der Waals surface area contributed by atoms with Gasteiger partial charge in [0.15, 0.2) is 5.16 Å². The highest BCUT2D eigenvalue weighted by molar-refractivity contribution is 7.99. The second kappa shape index (κ2) is 8.11. The molecule has 5 rings (SSSR count). The van der Waals surface area contributed by atoms with Gasteiger partial charge in [0.05, 0.1) is 12.6 Å². The number of nitrogens with one attached hydrogen (secondary N) is 1. The molecule has 0 atom stereocenters. The number of ether oxygens (including phenoxy) is 1. The summed E-state index contributed by atoms with van der Waals surface area (Å²) in [4.78, 5) is 31.0. The number of fused-ring (bicyclic) bond motifs is 4. The van der Waals surface area contributed by atoms with Gasteiger partial charge in [-0.1, -0.05) is 42.1 Å². The number of aromatic nitrogens is 3. The highest BCUT2D eigenvalue weighted by atomic mass is 32.2. The molecule has 0 saturated heterocycles. The van der Waals surface area contributed by atoms with E-state index in [0.29, 0.717) is 24.1 Å². The van der Waals surface area contributed by atoms with Crippen LogP contribution in [0.15, 0.2) is 58.5 Å². The van der Waals surface area contributed by atoms with Gasteiger partial charge in [-0.25, -0.2) is 4.98 Å². The van der Waals surface area contributed by atoms with Crippen LogP contribution in [-0.2, 0) is 24.4 Å². The van der Waals surface area contributed by atoms with Crippen molar-refractivity contribution in [3.63, 3.8) is 0 Å². The second-order valence-corrected chi connectivity index (χ2v) is 8.54. The first-order chi connectivity index (χ1) is 15.2. The third-order valence-electron chi connectivity index (χ3n) is 5.51. The standard InChI is InChI=1S/C23H22N4O3S/c1-30-16-7-4-6-15(12-16)13-24-19(28)14-27-18-9-3-2-8-17(18)20-21(27)22(29)26-10-5-11-31-23(26)25-20/h2-4,6-9,12H,5,10-11,13-14H2,1H3,(H,24,28). The minimum atomic E-state index is -0.165. The number of carbonyl (C=O) groups excluding carboxylic acids is 1. The molecule has 2 aromatic heterocycles. The number of hydrogen-bond acceptors (Lipinski definition) is 5. The number of para-hydroxylation sites is 1. The normalized spacial score (nSPS) is 13.3. The number of benzene rings is 2. The van der Waals surface area contributed by atoms with E-state index in [-0.39, 0.29) is 18.0 Å². The lowest BCUT2D eigenvalue weighted by atomic mass is 10.2. The van der Waals surface area contributed by atoms with Crippen molar-refractivity contribution in [2.75, 3.05) is 12.9 Å². The van der Waals surface area contributed by atoms with Crippen LogP contribution >= 0.6 is 11.8 Å². The van der Waals surface area contributed by atoms with Gasteiger partial charge >= 0.3 is 0 Å². The first-order valence-electron chi connectivity index (χ1n) is 10.2. The van der Waals surface area contributed by atoms with E-state index in [0.717, 1.165) is 39.5 Å². The van der Waals surface area contributed by atoms with Gasteiger partial charge in [-0.2, -0.15) is 0 Å². The molecular formula is C23H22N4O3S. The van der Waals surface area contributed by atoms with Crippen molar-refractivity contribution in [1.29, 1.82) is 0 Å². The molecule has 7 nitrogen and oxygen atoms in total. The van der Waals surface area contributed by atoms with Crippen molar-refractivity contribution in [2.24, 2.45) is 0 Å². The third-order valence-corrected chi connectivity index (χ3v) is 6.58. The minimum Gasteiger partial charge on any atom is -0.497 e. The maximum absolute atomic E-state index is 13.3. The van der Waals surface area contributed by atoms with Crippen LogP contribution in [0.25, 0.3) is 21.9 Å². The van der Waals surface area contributed by atoms with Crippen molar-refractivity contribution in [2.45, 2.75) is 31.2 Å². The van der Waals surface area contributed by atoms with Gasteiger partial charge < -0.3 is 14.6 Å². The fraction of sp³-hybridized carbons (Fsp3) is 0.261. The predicted octanol–water partition coefficient (Wildman–Crippen LogP) is 3.17. The van der Waals surface area contributed by atoms with Crippen LogP contribution in [0, 0.1) is 0 Å². The zero-order valence-electron chi connectivity index (χ0n) is 17.1. The molecule has 31 heavy (non-hydrogen) atoms. The molecule has 0 radical (unpaired) electrons. The summed E-state index contributed by atoms with van der Waals surface area (Å²) >= 11 is 1.61. The summed E-state index contributed by atoms with van der Waals surface area (Å²) in [5.74, 6) is 1.54. The molecule has 1 aliphatic heterocycles. The highest BCUT2D eigenvalue weighted by Crippen LogP contribution is 2.29. The van der Waals surface area contributed by atoms with E-state index >= 15 is 0 Å². The highest BCUT2D eigenvalue weighted by Gasteiger charge is 2.22. The van der Waals surface area contributed by atoms with E-state index in [1.165, 1.54) is 0 Å². The van der Waals surface area contributed by atoms with E-state index in [9.17, 15) is 9.59 Å². The maximum Gasteiger partial charge on any atom is 0.278 e. The third kappa shape index (κ3) is 3.57. The molecule has 0 spiro atoms. The van der Waals surface area contributed by atoms with Crippen LogP contribution in [0.1, 0.15) is 12.0 Å². The van der Waals surface area contributed by atoms with Crippen molar-refractivity contribution >= 4 is 39.6 Å². The Kier molecular flexibility index (Phi) is 5.15. The Morgan fingerprint density at radius 1 is 1.23 bits per heavy atom. The van der Waals surface area contributed by atoms with Crippen LogP contribution in [0.4, 0.5) is 0 Å². The summed E-state index contributed by atoms with van der Waals surface area (Å²) in [6, 6.07) is 15.3. The Bertz CT molecular complexity index is 1360. The van der Waals surface area contributed by atoms with E-state index in [1.807, 2.05) is 48.5 Å². The van der Waals surface area contributed by atoms with E-state index < -0.39 is 0 Å². The van der Waals surface area contributed by atoms with Crippen molar-refractivity contribution < 1.29 is 9.53 Å². The molecule has 0 fully saturated rings. The van der Waals surface area contributed by atoms with Crippen molar-refractivity contribution in [3.8, 4) is 5.75 Å². The Balaban J connectivity index is 1.51. The molecule has 1 amide bonds. The Labute approximate surface area is 183 Å². The Morgan fingerprint density at radius 3 is 2.97 bits per heavy atom. The number of carbonyl (C=O) groups is 1. The Hall–Kier alpha value is -3.26. The summed E-state index contributed by atoms with van der Waals surface area (Å²) in [6.45, 7) is 1.10. The smallest absolute Gasteiger partial charge is 0.278 e. The van der Waals surface area contributed by atoms with E-state index in [2.05, 4.69) is 5.32 Å². The summed E-state index contributed by atoms with van der Waals surface area (Å²) < 4.78 is 8.77. The fourth-order valence-corrected chi connectivity index (χ4v) is 4.97. The van der Waals surface area contributed by atoms with Gasteiger partial charge in [0.25, 0.3) is 5.56 Å². The van der Waals surface area contributed by atoms with Gasteiger partial charge in [-0.15, -0.1) is 0 Å². The average Bonchev–Trinajstić information content (AvgIpc) is 3.12. The molecule has 2 aromatic carbocycles. The lowest BCUT2D eigenvalue weighted by Gasteiger charge is -2.17. The van der Waals surface area contributed by atoms with Gasteiger partial charge in [-0.05, 0) is 30.2 Å². The molecular weight excluding hydrogens is 412 g/mol. The molecule has 4 aromatic rings. The largest absolute Gasteiger partial charge is 0.497 e. The lowest BCUT2D eigenvalue weighted by Crippen LogP contribution is -2.30. The predicted molar refractivity (Wildman–Crippen MR) is 122 cm³/mol. The number of rotatable bonds is 5. The number of thioether (sulfide) groups is 1. The molecule has 1 aliphatic rings. The fourth-order valence-electron chi connectivity index (χ4n) is 4.03. The molecule has 0 bridgehead atoms. The van der Waals surface area contributed by atoms with E-state index in [1.54, 1.807) is 28.0 Å². The lowest BCUT2D eigenvalue weighted by molar-refractivity contribution is -0.121. The molecule has 0 aliphatic carbocycles. The number of hydrogen-bond donors (Lipinski definition) is 1. The van der Waals surface area contributed by atoms with Crippen LogP contribution in [0.3, 0.4) is 0 Å². The van der Waals surface area contributed by atoms with Crippen molar-refractivity contribution in [1.82, 2.24) is 19.4 Å². The quantitative estimate of drug-likeness (QED) is 0.488. The molecule has 0 unspecified atom stereocenters. The van der Waals surface area contributed by atoms with Gasteiger partial charge in [-0.3, -0.25) is 14.2 Å². The van der Waals surface area contributed by atoms with Gasteiger partial charge in [0, 0.05) is 24.2 Å². The SMILES string of the molecule is COc1cccc(CNC(=O)Cn2c3ccccc3c3nc4n(c(=O)c32)CCCS4)c1. The monoisotopic (exact) mass is 434 g/mol. The zero-order valence-corrected chi connectivity index (χ0v) is 17.9. The molecule has 158 valence electrons. The maximum atomic E-state index is 13.3. The zero-order chi connectivity index (χ0) is 21.4. The number of amides is 1. The van der Waals surface area contributed by atoms with Crippen LogP contribution in [-0.4, -0.2) is 32.9 Å². The summed E-state index contributed by atoms with van der Waals surface area (Å²) in [5.41, 5.74) is 2.86. The van der Waals surface area contributed by atoms with Crippen LogP contribution in [0.5, 0.6) is 5.75 Å². The second-order valence-electron chi connectivity index (χ2n) is 7.48. The molecule has 8 heteroatoms. The molecule has 0 saturated carbocycles. The van der Waals surface area contributed by atoms with Crippen LogP contribution in [0.2, 0.25) is 0 Å². The molecule has 1 N–H and O–H groups in total. The number of methoxy groups -OCH3 is 1. The summed E-state index contributed by atoms with van der Waals surface area (Å²) in [6.07, 6.45) is 0.937. The number of nitrogens with zero attached hydrogens (tertiary/aromatic N) is 3. The summed E-state index contributed by atoms with van der Waals surface area (Å²) in [7, 11) is 1.61. The minimum absolute atomic E-state index is 0.0530. The molecule has 3 heterocycles. The first kappa shape index (κ1) is 19.7. The Morgan fingerprint density at radius 2 is 2.10 bits per heavy atom. The van der Waals surface area contributed by atoms with Gasteiger partial charge in [0.1, 0.15) is 23.3 Å². The average molecular weight is 435 g/mol. The van der Waals surface area contributed by atoms with Crippen molar-refractivity contribution in [3.05, 3.63) is 64.4 Å². The topological polar surface area (TPSA) is 78.2 Å².